The van der Waals surface area contributed by atoms with Gasteiger partial charge in [-0.05, 0) is 43.2 Å². The van der Waals surface area contributed by atoms with Crippen LogP contribution in [0.3, 0.4) is 0 Å². The van der Waals surface area contributed by atoms with E-state index in [1.54, 1.807) is 11.3 Å². The predicted molar refractivity (Wildman–Crippen MR) is 72.2 cm³/mol. The Labute approximate surface area is 107 Å². The van der Waals surface area contributed by atoms with Gasteiger partial charge in [0.05, 0.1) is 4.34 Å². The topological polar surface area (TPSA) is 26.0 Å². The van der Waals surface area contributed by atoms with E-state index in [-0.39, 0.29) is 0 Å². The molecule has 90 valence electrons. The second-order valence-corrected chi connectivity index (χ2v) is 6.98. The number of hydrogen-bond acceptors (Lipinski definition) is 2. The summed E-state index contributed by atoms with van der Waals surface area (Å²) >= 11 is 7.70. The highest BCUT2D eigenvalue weighted by Gasteiger charge is 2.31. The van der Waals surface area contributed by atoms with Gasteiger partial charge in [-0.1, -0.05) is 25.4 Å². The summed E-state index contributed by atoms with van der Waals surface area (Å²) in [5.74, 6) is 2.12. The van der Waals surface area contributed by atoms with Crippen LogP contribution >= 0.6 is 22.9 Å². The quantitative estimate of drug-likeness (QED) is 0.841. The molecule has 1 aromatic heterocycles. The second kappa shape index (κ2) is 5.07. The van der Waals surface area contributed by atoms with Crippen LogP contribution in [0.4, 0.5) is 0 Å². The molecule has 1 aliphatic rings. The zero-order valence-electron chi connectivity index (χ0n) is 9.95. The minimum Gasteiger partial charge on any atom is -0.327 e. The molecule has 1 heterocycles. The van der Waals surface area contributed by atoms with Crippen molar-refractivity contribution in [1.29, 1.82) is 0 Å². The minimum absolute atomic E-state index is 0.324. The molecule has 0 aromatic carbocycles. The van der Waals surface area contributed by atoms with E-state index in [9.17, 15) is 0 Å². The first-order valence-electron chi connectivity index (χ1n) is 6.08. The maximum Gasteiger partial charge on any atom is 0.0931 e. The lowest BCUT2D eigenvalue weighted by atomic mass is 9.73. The van der Waals surface area contributed by atoms with Crippen LogP contribution in [-0.2, 0) is 0 Å². The van der Waals surface area contributed by atoms with Crippen LogP contribution in [0, 0.1) is 11.8 Å². The number of thiophene rings is 1. The highest BCUT2D eigenvalue weighted by atomic mass is 35.5. The third kappa shape index (κ3) is 2.61. The Kier molecular flexibility index (Phi) is 3.93. The molecule has 0 radical (unpaired) electrons. The fraction of sp³-hybridized carbons (Fsp3) is 0.692. The third-order valence-corrected chi connectivity index (χ3v) is 5.21. The molecule has 3 atom stereocenters. The molecule has 0 spiro atoms. The first kappa shape index (κ1) is 12.4. The zero-order chi connectivity index (χ0) is 11.7. The fourth-order valence-corrected chi connectivity index (χ4v) is 3.94. The Morgan fingerprint density at radius 3 is 2.69 bits per heavy atom. The van der Waals surface area contributed by atoms with E-state index < -0.39 is 0 Å². The van der Waals surface area contributed by atoms with Crippen molar-refractivity contribution < 1.29 is 0 Å². The Bertz CT molecular complexity index is 347. The van der Waals surface area contributed by atoms with Gasteiger partial charge in [0.1, 0.15) is 0 Å². The van der Waals surface area contributed by atoms with E-state index in [1.165, 1.54) is 17.7 Å². The highest BCUT2D eigenvalue weighted by molar-refractivity contribution is 7.16. The van der Waals surface area contributed by atoms with Crippen LogP contribution in [0.25, 0.3) is 0 Å². The summed E-state index contributed by atoms with van der Waals surface area (Å²) in [7, 11) is 0. The molecule has 3 unspecified atom stereocenters. The molecule has 0 saturated heterocycles. The Morgan fingerprint density at radius 2 is 2.12 bits per heavy atom. The first-order valence-corrected chi connectivity index (χ1v) is 7.28. The van der Waals surface area contributed by atoms with E-state index in [2.05, 4.69) is 19.9 Å². The SMILES string of the molecule is CC(C)C1CCC(N)C(c2ccc(Cl)s2)C1. The van der Waals surface area contributed by atoms with E-state index in [4.69, 9.17) is 17.3 Å². The van der Waals surface area contributed by atoms with Crippen molar-refractivity contribution in [3.8, 4) is 0 Å². The van der Waals surface area contributed by atoms with Crippen LogP contribution in [0.5, 0.6) is 0 Å². The molecular weight excluding hydrogens is 238 g/mol. The van der Waals surface area contributed by atoms with Gasteiger partial charge in [-0.25, -0.2) is 0 Å². The molecule has 16 heavy (non-hydrogen) atoms. The number of halogens is 1. The third-order valence-electron chi connectivity index (χ3n) is 3.85. The molecule has 1 fully saturated rings. The Hall–Kier alpha value is -0.0500. The van der Waals surface area contributed by atoms with E-state index >= 15 is 0 Å². The predicted octanol–water partition coefficient (Wildman–Crippen LogP) is 4.27. The van der Waals surface area contributed by atoms with Crippen LogP contribution in [0.15, 0.2) is 12.1 Å². The van der Waals surface area contributed by atoms with E-state index in [0.717, 1.165) is 22.6 Å². The largest absolute Gasteiger partial charge is 0.327 e. The molecule has 0 aliphatic heterocycles. The van der Waals surface area contributed by atoms with Crippen molar-refractivity contribution in [3.05, 3.63) is 21.3 Å². The van der Waals surface area contributed by atoms with Gasteiger partial charge in [-0.2, -0.15) is 0 Å². The van der Waals surface area contributed by atoms with E-state index in [0.29, 0.717) is 12.0 Å². The maximum atomic E-state index is 6.25. The Morgan fingerprint density at radius 1 is 1.38 bits per heavy atom. The summed E-state index contributed by atoms with van der Waals surface area (Å²) in [6.45, 7) is 4.64. The molecule has 0 bridgehead atoms. The molecule has 3 heteroatoms. The lowest BCUT2D eigenvalue weighted by molar-refractivity contribution is 0.234. The molecule has 2 N–H and O–H groups in total. The summed E-state index contributed by atoms with van der Waals surface area (Å²) in [6.07, 6.45) is 3.67. The summed E-state index contributed by atoms with van der Waals surface area (Å²) in [5, 5.41) is 0. The van der Waals surface area contributed by atoms with Crippen LogP contribution in [-0.4, -0.2) is 6.04 Å². The molecule has 1 aromatic rings. The van der Waals surface area contributed by atoms with Gasteiger partial charge in [0.2, 0.25) is 0 Å². The van der Waals surface area contributed by atoms with Gasteiger partial charge >= 0.3 is 0 Å². The lowest BCUT2D eigenvalue weighted by Gasteiger charge is -2.35. The van der Waals surface area contributed by atoms with Gasteiger partial charge < -0.3 is 5.73 Å². The molecular formula is C13H20ClNS. The van der Waals surface area contributed by atoms with Crippen LogP contribution in [0.2, 0.25) is 4.34 Å². The number of nitrogens with two attached hydrogens (primary N) is 1. The minimum atomic E-state index is 0.324. The normalized spacial score (nSPS) is 30.9. The monoisotopic (exact) mass is 257 g/mol. The maximum absolute atomic E-state index is 6.25. The van der Waals surface area contributed by atoms with Gasteiger partial charge in [-0.15, -0.1) is 11.3 Å². The average molecular weight is 258 g/mol. The summed E-state index contributed by atoms with van der Waals surface area (Å²) in [6, 6.07) is 4.47. The van der Waals surface area contributed by atoms with Crippen molar-refractivity contribution in [1.82, 2.24) is 0 Å². The van der Waals surface area contributed by atoms with Crippen molar-refractivity contribution >= 4 is 22.9 Å². The summed E-state index contributed by atoms with van der Waals surface area (Å²) in [5.41, 5.74) is 6.25. The fourth-order valence-electron chi connectivity index (χ4n) is 2.69. The smallest absolute Gasteiger partial charge is 0.0931 e. The summed E-state index contributed by atoms with van der Waals surface area (Å²) < 4.78 is 0.883. The lowest BCUT2D eigenvalue weighted by Crippen LogP contribution is -2.35. The van der Waals surface area contributed by atoms with Gasteiger partial charge in [0.25, 0.3) is 0 Å². The molecule has 1 saturated carbocycles. The number of hydrogen-bond donors (Lipinski definition) is 1. The molecule has 2 rings (SSSR count). The van der Waals surface area contributed by atoms with E-state index in [1.807, 2.05) is 6.07 Å². The molecule has 1 nitrogen and oxygen atoms in total. The van der Waals surface area contributed by atoms with Crippen molar-refractivity contribution in [2.24, 2.45) is 17.6 Å². The van der Waals surface area contributed by atoms with Gasteiger partial charge in [0.15, 0.2) is 0 Å². The molecule has 0 amide bonds. The van der Waals surface area contributed by atoms with Gasteiger partial charge in [0, 0.05) is 16.8 Å². The van der Waals surface area contributed by atoms with Crippen LogP contribution in [0.1, 0.15) is 43.9 Å². The van der Waals surface area contributed by atoms with Crippen molar-refractivity contribution in [2.75, 3.05) is 0 Å². The zero-order valence-corrected chi connectivity index (χ0v) is 11.5. The Balaban J connectivity index is 2.12. The second-order valence-electron chi connectivity index (χ2n) is 5.23. The standard InChI is InChI=1S/C13H20ClNS/c1-8(2)9-3-4-11(15)10(7-9)12-5-6-13(14)16-12/h5-6,8-11H,3-4,7,15H2,1-2H3. The number of rotatable bonds is 2. The van der Waals surface area contributed by atoms with Crippen molar-refractivity contribution in [3.63, 3.8) is 0 Å². The van der Waals surface area contributed by atoms with Gasteiger partial charge in [-0.3, -0.25) is 0 Å². The van der Waals surface area contributed by atoms with Crippen LogP contribution < -0.4 is 5.73 Å². The average Bonchev–Trinajstić information content (AvgIpc) is 2.65. The molecule has 1 aliphatic carbocycles. The summed E-state index contributed by atoms with van der Waals surface area (Å²) in [4.78, 5) is 1.38. The van der Waals surface area contributed by atoms with Crippen molar-refractivity contribution in [2.45, 2.75) is 45.1 Å². The first-order chi connectivity index (χ1) is 7.58. The highest BCUT2D eigenvalue weighted by Crippen LogP contribution is 2.41.